The van der Waals surface area contributed by atoms with Crippen molar-refractivity contribution < 1.29 is 9.13 Å². The lowest BCUT2D eigenvalue weighted by molar-refractivity contribution is 0.304. The summed E-state index contributed by atoms with van der Waals surface area (Å²) in [6.45, 7) is 0.355. The van der Waals surface area contributed by atoms with Crippen LogP contribution >= 0.6 is 23.2 Å². The van der Waals surface area contributed by atoms with E-state index in [0.29, 0.717) is 26.9 Å². The van der Waals surface area contributed by atoms with Gasteiger partial charge in [-0.15, -0.1) is 0 Å². The Morgan fingerprint density at radius 3 is 2.52 bits per heavy atom. The first-order chi connectivity index (χ1) is 10.1. The lowest BCUT2D eigenvalue weighted by Gasteiger charge is -2.10. The molecule has 2 rings (SSSR count). The quantitative estimate of drug-likeness (QED) is 0.866. The van der Waals surface area contributed by atoms with Crippen LogP contribution in [0.5, 0.6) is 5.75 Å². The summed E-state index contributed by atoms with van der Waals surface area (Å²) >= 11 is 12.1. The van der Waals surface area contributed by atoms with E-state index in [9.17, 15) is 4.39 Å². The topological polar surface area (TPSA) is 35.2 Å². The average molecular weight is 324 g/mol. The van der Waals surface area contributed by atoms with Gasteiger partial charge in [0.25, 0.3) is 0 Å². The Morgan fingerprint density at radius 2 is 1.86 bits per heavy atom. The van der Waals surface area contributed by atoms with Crippen molar-refractivity contribution in [3.05, 3.63) is 63.4 Å². The van der Waals surface area contributed by atoms with Crippen molar-refractivity contribution in [3.8, 4) is 17.6 Å². The van der Waals surface area contributed by atoms with Crippen LogP contribution in [0.4, 0.5) is 4.39 Å². The largest absolute Gasteiger partial charge is 0.489 e. The van der Waals surface area contributed by atoms with Gasteiger partial charge in [-0.3, -0.25) is 0 Å². The molecule has 0 saturated carbocycles. The molecule has 2 nitrogen and oxygen atoms in total. The zero-order valence-electron chi connectivity index (χ0n) is 11.0. The maximum Gasteiger partial charge on any atom is 0.128 e. The molecular formula is C16H12Cl2FNO. The molecule has 21 heavy (non-hydrogen) atoms. The molecule has 0 atom stereocenters. The summed E-state index contributed by atoms with van der Waals surface area (Å²) in [4.78, 5) is 0. The number of benzene rings is 2. The third kappa shape index (κ3) is 4.37. The van der Waals surface area contributed by atoms with Crippen LogP contribution < -0.4 is 10.5 Å². The summed E-state index contributed by atoms with van der Waals surface area (Å²) in [5, 5.41) is 1.00. The van der Waals surface area contributed by atoms with E-state index in [-0.39, 0.29) is 13.2 Å². The standard InChI is InChI=1S/C16H12Cl2FNO/c17-15-4-1-5-16(18)14(15)10-21-13-8-11(3-2-6-20)7-12(19)9-13/h1,4-5,7-9H,6,10,20H2. The molecule has 2 aromatic carbocycles. The van der Waals surface area contributed by atoms with Crippen LogP contribution in [-0.4, -0.2) is 6.54 Å². The molecule has 0 aliphatic rings. The van der Waals surface area contributed by atoms with Gasteiger partial charge >= 0.3 is 0 Å². The van der Waals surface area contributed by atoms with Gasteiger partial charge in [0.2, 0.25) is 0 Å². The van der Waals surface area contributed by atoms with E-state index >= 15 is 0 Å². The smallest absolute Gasteiger partial charge is 0.128 e. The summed E-state index contributed by atoms with van der Waals surface area (Å²) < 4.78 is 19.1. The third-order valence-electron chi connectivity index (χ3n) is 2.65. The SMILES string of the molecule is NCC#Cc1cc(F)cc(OCc2c(Cl)cccc2Cl)c1. The van der Waals surface area contributed by atoms with Gasteiger partial charge in [-0.2, -0.15) is 0 Å². The normalized spacial score (nSPS) is 9.90. The van der Waals surface area contributed by atoms with Gasteiger partial charge in [-0.25, -0.2) is 4.39 Å². The highest BCUT2D eigenvalue weighted by Gasteiger charge is 2.07. The van der Waals surface area contributed by atoms with E-state index in [1.807, 2.05) is 0 Å². The van der Waals surface area contributed by atoms with Crippen molar-refractivity contribution in [2.45, 2.75) is 6.61 Å². The van der Waals surface area contributed by atoms with Crippen LogP contribution in [0.3, 0.4) is 0 Å². The first-order valence-corrected chi connectivity index (χ1v) is 6.91. The van der Waals surface area contributed by atoms with Crippen LogP contribution in [0.15, 0.2) is 36.4 Å². The van der Waals surface area contributed by atoms with Crippen LogP contribution in [0.1, 0.15) is 11.1 Å². The fraction of sp³-hybridized carbons (Fsp3) is 0.125. The molecule has 0 aromatic heterocycles. The number of hydrogen-bond donors (Lipinski definition) is 1. The summed E-state index contributed by atoms with van der Waals surface area (Å²) in [5.74, 6) is 5.35. The fourth-order valence-electron chi connectivity index (χ4n) is 1.70. The molecular weight excluding hydrogens is 312 g/mol. The summed E-state index contributed by atoms with van der Waals surface area (Å²) in [7, 11) is 0. The van der Waals surface area contributed by atoms with Crippen molar-refractivity contribution in [3.63, 3.8) is 0 Å². The predicted octanol–water partition coefficient (Wildman–Crippen LogP) is 4.02. The monoisotopic (exact) mass is 323 g/mol. The minimum absolute atomic E-state index is 0.145. The van der Waals surface area contributed by atoms with Gasteiger partial charge < -0.3 is 10.5 Å². The molecule has 0 bridgehead atoms. The van der Waals surface area contributed by atoms with Gasteiger partial charge in [0, 0.05) is 27.2 Å². The molecule has 0 heterocycles. The van der Waals surface area contributed by atoms with Crippen molar-refractivity contribution >= 4 is 23.2 Å². The first-order valence-electron chi connectivity index (χ1n) is 6.15. The molecule has 0 saturated heterocycles. The molecule has 5 heteroatoms. The van der Waals surface area contributed by atoms with E-state index < -0.39 is 5.82 Å². The Morgan fingerprint density at radius 1 is 1.14 bits per heavy atom. The van der Waals surface area contributed by atoms with E-state index in [1.54, 1.807) is 24.3 Å². The lowest BCUT2D eigenvalue weighted by atomic mass is 10.2. The maximum absolute atomic E-state index is 13.5. The van der Waals surface area contributed by atoms with Gasteiger partial charge in [-0.05, 0) is 24.3 Å². The van der Waals surface area contributed by atoms with E-state index in [0.717, 1.165) is 0 Å². The van der Waals surface area contributed by atoms with Crippen molar-refractivity contribution in [1.82, 2.24) is 0 Å². The third-order valence-corrected chi connectivity index (χ3v) is 3.36. The van der Waals surface area contributed by atoms with Crippen LogP contribution in [-0.2, 0) is 6.61 Å². The van der Waals surface area contributed by atoms with Crippen LogP contribution in [0.2, 0.25) is 10.0 Å². The highest BCUT2D eigenvalue weighted by molar-refractivity contribution is 6.35. The molecule has 108 valence electrons. The Hall–Kier alpha value is -1.73. The molecule has 0 aliphatic carbocycles. The Bertz CT molecular complexity index is 687. The molecule has 0 aliphatic heterocycles. The molecule has 0 spiro atoms. The summed E-state index contributed by atoms with van der Waals surface area (Å²) in [5.41, 5.74) is 6.45. The van der Waals surface area contributed by atoms with Crippen molar-refractivity contribution in [1.29, 1.82) is 0 Å². The van der Waals surface area contributed by atoms with Gasteiger partial charge in [0.1, 0.15) is 18.2 Å². The maximum atomic E-state index is 13.5. The van der Waals surface area contributed by atoms with Crippen molar-refractivity contribution in [2.75, 3.05) is 6.54 Å². The van der Waals surface area contributed by atoms with E-state index in [4.69, 9.17) is 33.7 Å². The minimum Gasteiger partial charge on any atom is -0.489 e. The first kappa shape index (κ1) is 15.7. The zero-order chi connectivity index (χ0) is 15.2. The Kier molecular flexibility index (Phi) is 5.46. The molecule has 0 unspecified atom stereocenters. The fourth-order valence-corrected chi connectivity index (χ4v) is 2.20. The lowest BCUT2D eigenvalue weighted by Crippen LogP contribution is -1.98. The molecule has 2 aromatic rings. The van der Waals surface area contributed by atoms with Crippen LogP contribution in [0, 0.1) is 17.7 Å². The number of halogens is 3. The second-order valence-electron chi connectivity index (χ2n) is 4.17. The molecule has 2 N–H and O–H groups in total. The molecule has 0 amide bonds. The van der Waals surface area contributed by atoms with E-state index in [2.05, 4.69) is 11.8 Å². The Balaban J connectivity index is 2.18. The number of ether oxygens (including phenoxy) is 1. The number of nitrogens with two attached hydrogens (primary N) is 1. The second-order valence-corrected chi connectivity index (χ2v) is 4.98. The predicted molar refractivity (Wildman–Crippen MR) is 83.1 cm³/mol. The number of rotatable bonds is 3. The highest BCUT2D eigenvalue weighted by atomic mass is 35.5. The van der Waals surface area contributed by atoms with Gasteiger partial charge in [0.15, 0.2) is 0 Å². The van der Waals surface area contributed by atoms with Crippen LogP contribution in [0.25, 0.3) is 0 Å². The highest BCUT2D eigenvalue weighted by Crippen LogP contribution is 2.26. The molecule has 0 fully saturated rings. The zero-order valence-corrected chi connectivity index (χ0v) is 12.5. The van der Waals surface area contributed by atoms with Crippen molar-refractivity contribution in [2.24, 2.45) is 5.73 Å². The minimum atomic E-state index is -0.431. The number of hydrogen-bond acceptors (Lipinski definition) is 2. The average Bonchev–Trinajstić information content (AvgIpc) is 2.44. The summed E-state index contributed by atoms with van der Waals surface area (Å²) in [6, 6.07) is 9.41. The summed E-state index contributed by atoms with van der Waals surface area (Å²) in [6.07, 6.45) is 0. The Labute approximate surface area is 132 Å². The van der Waals surface area contributed by atoms with Gasteiger partial charge in [0.05, 0.1) is 6.54 Å². The van der Waals surface area contributed by atoms with E-state index in [1.165, 1.54) is 12.1 Å². The molecule has 0 radical (unpaired) electrons. The van der Waals surface area contributed by atoms with Gasteiger partial charge in [-0.1, -0.05) is 41.1 Å². The second kappa shape index (κ2) is 7.33.